The first kappa shape index (κ1) is 16.2. The van der Waals surface area contributed by atoms with Gasteiger partial charge in [-0.25, -0.2) is 4.98 Å². The van der Waals surface area contributed by atoms with Crippen molar-refractivity contribution in [3.05, 3.63) is 34.6 Å². The predicted octanol–water partition coefficient (Wildman–Crippen LogP) is 2.93. The number of carbonyl (C=O) groups excluding carboxylic acids is 1. The van der Waals surface area contributed by atoms with E-state index in [1.807, 2.05) is 34.8 Å². The van der Waals surface area contributed by atoms with Crippen LogP contribution in [-0.4, -0.2) is 44.2 Å². The molecule has 1 aliphatic rings. The summed E-state index contributed by atoms with van der Waals surface area (Å²) in [6.07, 6.45) is 4.21. The van der Waals surface area contributed by atoms with Gasteiger partial charge in [-0.1, -0.05) is 0 Å². The second-order valence-corrected chi connectivity index (χ2v) is 7.11. The SMILES string of the molecule is Cc1cc(C(=O)N2CCCCC2C(C)O)c(C)n1-c1nccs1. The van der Waals surface area contributed by atoms with Crippen LogP contribution in [0.25, 0.3) is 5.13 Å². The van der Waals surface area contributed by atoms with Gasteiger partial charge in [0.05, 0.1) is 17.7 Å². The molecule has 124 valence electrons. The molecule has 6 heteroatoms. The molecule has 2 aromatic rings. The van der Waals surface area contributed by atoms with Crippen LogP contribution >= 0.6 is 11.3 Å². The lowest BCUT2D eigenvalue weighted by Gasteiger charge is -2.37. The summed E-state index contributed by atoms with van der Waals surface area (Å²) in [4.78, 5) is 19.3. The number of hydrogen-bond acceptors (Lipinski definition) is 4. The molecule has 0 radical (unpaired) electrons. The van der Waals surface area contributed by atoms with E-state index >= 15 is 0 Å². The first-order valence-electron chi connectivity index (χ1n) is 8.08. The number of hydrogen-bond donors (Lipinski definition) is 1. The molecule has 1 N–H and O–H groups in total. The monoisotopic (exact) mass is 333 g/mol. The van der Waals surface area contributed by atoms with Gasteiger partial charge >= 0.3 is 0 Å². The Labute approximate surface area is 140 Å². The van der Waals surface area contributed by atoms with Crippen LogP contribution in [-0.2, 0) is 0 Å². The van der Waals surface area contributed by atoms with E-state index in [1.54, 1.807) is 24.5 Å². The van der Waals surface area contributed by atoms with Crippen molar-refractivity contribution in [1.82, 2.24) is 14.5 Å². The summed E-state index contributed by atoms with van der Waals surface area (Å²) >= 11 is 1.56. The molecule has 3 rings (SSSR count). The lowest BCUT2D eigenvalue weighted by atomic mass is 9.97. The van der Waals surface area contributed by atoms with Crippen molar-refractivity contribution in [2.75, 3.05) is 6.54 Å². The Kier molecular flexibility index (Phi) is 4.55. The van der Waals surface area contributed by atoms with Crippen LogP contribution < -0.4 is 0 Å². The summed E-state index contributed by atoms with van der Waals surface area (Å²) in [7, 11) is 0. The number of likely N-dealkylation sites (tertiary alicyclic amines) is 1. The van der Waals surface area contributed by atoms with E-state index in [1.165, 1.54) is 0 Å². The fraction of sp³-hybridized carbons (Fsp3) is 0.529. The number of amides is 1. The summed E-state index contributed by atoms with van der Waals surface area (Å²) in [6.45, 7) is 6.45. The van der Waals surface area contributed by atoms with Gasteiger partial charge in [0, 0.05) is 29.5 Å². The molecular formula is C17H23N3O2S. The molecule has 2 aromatic heterocycles. The second-order valence-electron chi connectivity index (χ2n) is 6.24. The standard InChI is InChI=1S/C17H23N3O2S/c1-11-10-14(12(2)20(11)17-18-7-9-23-17)16(22)19-8-5-4-6-15(19)13(3)21/h7,9-10,13,15,21H,4-6,8H2,1-3H3. The Bertz CT molecular complexity index is 691. The van der Waals surface area contributed by atoms with Crippen molar-refractivity contribution >= 4 is 17.2 Å². The maximum Gasteiger partial charge on any atom is 0.256 e. The fourth-order valence-corrected chi connectivity index (χ4v) is 4.22. The van der Waals surface area contributed by atoms with E-state index in [4.69, 9.17) is 0 Å². The first-order valence-corrected chi connectivity index (χ1v) is 8.96. The van der Waals surface area contributed by atoms with Gasteiger partial charge < -0.3 is 10.0 Å². The van der Waals surface area contributed by atoms with E-state index in [2.05, 4.69) is 4.98 Å². The zero-order valence-corrected chi connectivity index (χ0v) is 14.6. The number of aliphatic hydroxyl groups excluding tert-OH is 1. The third-order valence-electron chi connectivity index (χ3n) is 4.64. The molecule has 1 aliphatic heterocycles. The molecule has 0 spiro atoms. The number of carbonyl (C=O) groups is 1. The number of rotatable bonds is 3. The highest BCUT2D eigenvalue weighted by Crippen LogP contribution is 2.27. The molecule has 5 nitrogen and oxygen atoms in total. The molecule has 2 atom stereocenters. The summed E-state index contributed by atoms with van der Waals surface area (Å²) in [6, 6.07) is 1.85. The van der Waals surface area contributed by atoms with Gasteiger partial charge in [0.2, 0.25) is 0 Å². The number of thiazole rings is 1. The minimum Gasteiger partial charge on any atom is -0.391 e. The topological polar surface area (TPSA) is 58.4 Å². The Morgan fingerprint density at radius 2 is 2.22 bits per heavy atom. The van der Waals surface area contributed by atoms with Crippen molar-refractivity contribution in [3.63, 3.8) is 0 Å². The van der Waals surface area contributed by atoms with E-state index in [0.717, 1.165) is 42.3 Å². The van der Waals surface area contributed by atoms with Crippen LogP contribution in [0.1, 0.15) is 47.9 Å². The largest absolute Gasteiger partial charge is 0.391 e. The number of piperidine rings is 1. The molecule has 23 heavy (non-hydrogen) atoms. The molecule has 1 fully saturated rings. The van der Waals surface area contributed by atoms with Crippen molar-refractivity contribution in [3.8, 4) is 5.13 Å². The van der Waals surface area contributed by atoms with Gasteiger partial charge in [0.15, 0.2) is 5.13 Å². The molecule has 0 bridgehead atoms. The van der Waals surface area contributed by atoms with Crippen LogP contribution in [0.15, 0.2) is 17.6 Å². The molecule has 3 heterocycles. The van der Waals surface area contributed by atoms with Crippen LogP contribution in [0.2, 0.25) is 0 Å². The Balaban J connectivity index is 1.95. The number of aryl methyl sites for hydroxylation is 1. The van der Waals surface area contributed by atoms with Gasteiger partial charge in [-0.3, -0.25) is 9.36 Å². The maximum absolute atomic E-state index is 13.1. The van der Waals surface area contributed by atoms with Gasteiger partial charge in [-0.15, -0.1) is 11.3 Å². The van der Waals surface area contributed by atoms with Crippen molar-refractivity contribution < 1.29 is 9.90 Å². The second kappa shape index (κ2) is 6.45. The van der Waals surface area contributed by atoms with Gasteiger partial charge in [0.25, 0.3) is 5.91 Å². The molecule has 0 saturated carbocycles. The van der Waals surface area contributed by atoms with Crippen molar-refractivity contribution in [2.24, 2.45) is 0 Å². The fourth-order valence-electron chi connectivity index (χ4n) is 3.47. The third-order valence-corrected chi connectivity index (χ3v) is 5.40. The lowest BCUT2D eigenvalue weighted by Crippen LogP contribution is -2.49. The highest BCUT2D eigenvalue weighted by Gasteiger charge is 2.32. The first-order chi connectivity index (χ1) is 11.0. The average Bonchev–Trinajstić information content (AvgIpc) is 3.14. The zero-order chi connectivity index (χ0) is 16.6. The van der Waals surface area contributed by atoms with Crippen molar-refractivity contribution in [1.29, 1.82) is 0 Å². The Morgan fingerprint density at radius 1 is 1.43 bits per heavy atom. The summed E-state index contributed by atoms with van der Waals surface area (Å²) in [5.74, 6) is 0.0199. The van der Waals surface area contributed by atoms with Crippen LogP contribution in [0, 0.1) is 13.8 Å². The normalized spacial score (nSPS) is 19.8. The Hall–Kier alpha value is -1.66. The molecule has 1 saturated heterocycles. The summed E-state index contributed by atoms with van der Waals surface area (Å²) < 4.78 is 2.03. The zero-order valence-electron chi connectivity index (χ0n) is 13.8. The molecule has 1 amide bonds. The minimum atomic E-state index is -0.498. The summed E-state index contributed by atoms with van der Waals surface area (Å²) in [5, 5.41) is 12.8. The highest BCUT2D eigenvalue weighted by molar-refractivity contribution is 7.12. The number of aliphatic hydroxyl groups is 1. The molecule has 0 aliphatic carbocycles. The van der Waals surface area contributed by atoms with Crippen molar-refractivity contribution in [2.45, 2.75) is 52.2 Å². The van der Waals surface area contributed by atoms with Gasteiger partial charge in [-0.2, -0.15) is 0 Å². The van der Waals surface area contributed by atoms with Gasteiger partial charge in [-0.05, 0) is 46.1 Å². The highest BCUT2D eigenvalue weighted by atomic mass is 32.1. The lowest BCUT2D eigenvalue weighted by molar-refractivity contribution is 0.0280. The van der Waals surface area contributed by atoms with E-state index in [-0.39, 0.29) is 11.9 Å². The quantitative estimate of drug-likeness (QED) is 0.939. The average molecular weight is 333 g/mol. The molecular weight excluding hydrogens is 310 g/mol. The number of aromatic nitrogens is 2. The van der Waals surface area contributed by atoms with E-state index in [9.17, 15) is 9.90 Å². The van der Waals surface area contributed by atoms with Crippen LogP contribution in [0.3, 0.4) is 0 Å². The van der Waals surface area contributed by atoms with Crippen LogP contribution in [0.5, 0.6) is 0 Å². The minimum absolute atomic E-state index is 0.0199. The molecule has 0 aromatic carbocycles. The third kappa shape index (κ3) is 2.93. The summed E-state index contributed by atoms with van der Waals surface area (Å²) in [5.41, 5.74) is 2.63. The van der Waals surface area contributed by atoms with Crippen LogP contribution in [0.4, 0.5) is 0 Å². The molecule has 2 unspecified atom stereocenters. The van der Waals surface area contributed by atoms with E-state index < -0.39 is 6.10 Å². The van der Waals surface area contributed by atoms with Gasteiger partial charge in [0.1, 0.15) is 0 Å². The predicted molar refractivity (Wildman–Crippen MR) is 91.3 cm³/mol. The smallest absolute Gasteiger partial charge is 0.256 e. The Morgan fingerprint density at radius 3 is 2.87 bits per heavy atom. The van der Waals surface area contributed by atoms with E-state index in [0.29, 0.717) is 5.56 Å². The number of nitrogens with zero attached hydrogens (tertiary/aromatic N) is 3. The maximum atomic E-state index is 13.1.